The molecule has 4 aromatic carbocycles. The van der Waals surface area contributed by atoms with Crippen molar-refractivity contribution >= 4 is 20.2 Å². The summed E-state index contributed by atoms with van der Waals surface area (Å²) in [6.07, 6.45) is 16.6. The summed E-state index contributed by atoms with van der Waals surface area (Å²) in [4.78, 5) is 0. The predicted molar refractivity (Wildman–Crippen MR) is 201 cm³/mol. The first-order chi connectivity index (χ1) is 22.5. The molecule has 0 N–H and O–H groups in total. The van der Waals surface area contributed by atoms with Crippen molar-refractivity contribution in [2.45, 2.75) is 94.0 Å². The Hall–Kier alpha value is -2.55. The Balaban J connectivity index is 1.46. The molecule has 2 unspecified atom stereocenters. The van der Waals surface area contributed by atoms with E-state index in [1.54, 1.807) is 22.3 Å². The first-order valence-electron chi connectivity index (χ1n) is 18.3. The van der Waals surface area contributed by atoms with Crippen LogP contribution in [-0.4, -0.2) is 8.07 Å². The third kappa shape index (κ3) is 5.46. The summed E-state index contributed by atoms with van der Waals surface area (Å²) < 4.78 is 7.07. The van der Waals surface area contributed by atoms with E-state index in [0.29, 0.717) is 7.35 Å². The first kappa shape index (κ1) is 32.0. The second kappa shape index (κ2) is 13.5. The zero-order valence-electron chi connectivity index (χ0n) is 28.6. The van der Waals surface area contributed by atoms with Crippen LogP contribution >= 0.6 is 0 Å². The molecule has 0 amide bonds. The number of rotatable bonds is 12. The summed E-state index contributed by atoms with van der Waals surface area (Å²) in [5.41, 5.74) is 12.2. The molecule has 2 aliphatic carbocycles. The van der Waals surface area contributed by atoms with Crippen LogP contribution in [0.25, 0.3) is 34.4 Å². The SMILES string of the molecule is CCCCCC[Si]1(CCCCCC)C2=Cc3c(-c4ccccc4)cccc3[CH]2[Hf]([CH3])([CH3])[CH]2C1=Cc1c(-c3ccccc3)cccc12. The second-order valence-corrected chi connectivity index (χ2v) is 36.5. The van der Waals surface area contributed by atoms with Crippen molar-refractivity contribution in [3.8, 4) is 22.3 Å². The van der Waals surface area contributed by atoms with E-state index in [9.17, 15) is 0 Å². The van der Waals surface area contributed by atoms with Crippen LogP contribution in [0.3, 0.4) is 0 Å². The average Bonchev–Trinajstić information content (AvgIpc) is 3.70. The van der Waals surface area contributed by atoms with Gasteiger partial charge in [0.05, 0.1) is 0 Å². The van der Waals surface area contributed by atoms with Gasteiger partial charge in [-0.05, 0) is 0 Å². The van der Waals surface area contributed by atoms with E-state index in [4.69, 9.17) is 0 Å². The van der Waals surface area contributed by atoms with Crippen molar-refractivity contribution in [3.63, 3.8) is 0 Å². The van der Waals surface area contributed by atoms with E-state index < -0.39 is 28.0 Å². The Morgan fingerprint density at radius 1 is 0.500 bits per heavy atom. The van der Waals surface area contributed by atoms with E-state index in [0.717, 1.165) is 0 Å². The Bertz CT molecular complexity index is 1620. The molecule has 7 rings (SSSR count). The van der Waals surface area contributed by atoms with E-state index in [1.165, 1.54) is 85.7 Å². The van der Waals surface area contributed by atoms with Gasteiger partial charge in [0.2, 0.25) is 0 Å². The zero-order valence-corrected chi connectivity index (χ0v) is 33.2. The molecule has 46 heavy (non-hydrogen) atoms. The summed E-state index contributed by atoms with van der Waals surface area (Å²) in [7, 11) is -2.00. The average molecular weight is 787 g/mol. The molecule has 0 nitrogen and oxygen atoms in total. The Morgan fingerprint density at radius 2 is 0.935 bits per heavy atom. The fraction of sp³-hybridized carbons (Fsp3) is 0.364. The molecule has 4 aromatic rings. The van der Waals surface area contributed by atoms with Crippen molar-refractivity contribution in [3.05, 3.63) is 130 Å². The van der Waals surface area contributed by atoms with Gasteiger partial charge >= 0.3 is 286 Å². The van der Waals surface area contributed by atoms with Gasteiger partial charge in [0.15, 0.2) is 0 Å². The number of allylic oxidation sites excluding steroid dienone is 2. The van der Waals surface area contributed by atoms with Crippen LogP contribution < -0.4 is 0 Å². The van der Waals surface area contributed by atoms with Crippen LogP contribution in [0.5, 0.6) is 0 Å². The monoisotopic (exact) mass is 788 g/mol. The molecule has 1 fully saturated rings. The summed E-state index contributed by atoms with van der Waals surface area (Å²) in [6.45, 7) is 4.73. The predicted octanol–water partition coefficient (Wildman–Crippen LogP) is 13.5. The van der Waals surface area contributed by atoms with Crippen LogP contribution in [0.15, 0.2) is 107 Å². The van der Waals surface area contributed by atoms with Crippen LogP contribution in [0.2, 0.25) is 21.4 Å². The van der Waals surface area contributed by atoms with Crippen molar-refractivity contribution in [1.29, 1.82) is 0 Å². The summed E-state index contributed by atoms with van der Waals surface area (Å²) >= 11 is -3.09. The summed E-state index contributed by atoms with van der Waals surface area (Å²) in [6, 6.07) is 40.0. The fourth-order valence-electron chi connectivity index (χ4n) is 9.72. The Morgan fingerprint density at radius 3 is 1.35 bits per heavy atom. The molecule has 0 bridgehead atoms. The third-order valence-electron chi connectivity index (χ3n) is 11.8. The third-order valence-corrected chi connectivity index (χ3v) is 34.5. The molecule has 1 aliphatic heterocycles. The quantitative estimate of drug-likeness (QED) is 0.0991. The summed E-state index contributed by atoms with van der Waals surface area (Å²) in [5, 5.41) is 3.92. The van der Waals surface area contributed by atoms with Crippen molar-refractivity contribution in [2.24, 2.45) is 0 Å². The standard InChI is InChI=1S/C42H46Si.2CH3.Hf/c1-3-5-7-15-27-43(28-16-8-6-4-2,37-29-35-23-17-25-39(41(35)31-37)33-19-11-9-12-20-33)38-30-36-24-18-26-40(42(36)32-38)34-21-13-10-14-22-34;;;/h9-14,17-26,29-32H,3-8,15-16,27-28H2,1-2H3;2*1H3;. The van der Waals surface area contributed by atoms with Crippen molar-refractivity contribution in [1.82, 2.24) is 0 Å². The molecule has 0 saturated carbocycles. The van der Waals surface area contributed by atoms with Crippen molar-refractivity contribution in [2.75, 3.05) is 0 Å². The Labute approximate surface area is 284 Å². The van der Waals surface area contributed by atoms with Gasteiger partial charge in [-0.25, -0.2) is 0 Å². The van der Waals surface area contributed by atoms with E-state index >= 15 is 0 Å². The van der Waals surface area contributed by atoms with Gasteiger partial charge in [-0.15, -0.1) is 0 Å². The van der Waals surface area contributed by atoms with Gasteiger partial charge in [-0.1, -0.05) is 0 Å². The minimum absolute atomic E-state index is 0.698. The molecule has 1 saturated heterocycles. The molecular formula is C44H52HfSi. The van der Waals surface area contributed by atoms with Crippen LogP contribution in [-0.2, 0) is 20.0 Å². The normalized spacial score (nSPS) is 19.9. The van der Waals surface area contributed by atoms with Crippen LogP contribution in [0, 0.1) is 0 Å². The zero-order chi connectivity index (χ0) is 31.7. The molecule has 3 aliphatic rings. The van der Waals surface area contributed by atoms with E-state index in [1.807, 2.05) is 10.4 Å². The molecule has 236 valence electrons. The molecule has 0 spiro atoms. The van der Waals surface area contributed by atoms with Crippen molar-refractivity contribution < 1.29 is 20.0 Å². The van der Waals surface area contributed by atoms with E-state index in [-0.39, 0.29) is 0 Å². The van der Waals surface area contributed by atoms with Crippen LogP contribution in [0.1, 0.15) is 94.8 Å². The van der Waals surface area contributed by atoms with Gasteiger partial charge < -0.3 is 0 Å². The fourth-order valence-corrected chi connectivity index (χ4v) is 42.6. The number of fused-ring (bicyclic) bond motifs is 6. The second-order valence-electron chi connectivity index (χ2n) is 14.9. The van der Waals surface area contributed by atoms with Gasteiger partial charge in [0, 0.05) is 0 Å². The molecular weight excluding hydrogens is 735 g/mol. The van der Waals surface area contributed by atoms with Gasteiger partial charge in [0.25, 0.3) is 0 Å². The molecule has 1 heterocycles. The summed E-state index contributed by atoms with van der Waals surface area (Å²) in [5.74, 6) is 0. The number of hydrogen-bond donors (Lipinski definition) is 0. The molecule has 0 aromatic heterocycles. The molecule has 0 radical (unpaired) electrons. The number of benzene rings is 4. The van der Waals surface area contributed by atoms with Gasteiger partial charge in [-0.3, -0.25) is 0 Å². The topological polar surface area (TPSA) is 0 Å². The van der Waals surface area contributed by atoms with Gasteiger partial charge in [-0.2, -0.15) is 0 Å². The first-order valence-corrected chi connectivity index (χ1v) is 32.1. The number of unbranched alkanes of at least 4 members (excludes halogenated alkanes) is 6. The van der Waals surface area contributed by atoms with E-state index in [2.05, 4.69) is 132 Å². The van der Waals surface area contributed by atoms with Gasteiger partial charge in [0.1, 0.15) is 0 Å². The number of hydrogen-bond acceptors (Lipinski definition) is 0. The molecule has 2 heteroatoms. The van der Waals surface area contributed by atoms with Crippen LogP contribution in [0.4, 0.5) is 0 Å². The molecule has 2 atom stereocenters. The Kier molecular flexibility index (Phi) is 9.41. The minimum atomic E-state index is -3.09. The maximum atomic E-state index is 2.84. The maximum absolute atomic E-state index is 3.09.